The number of para-hydroxylation sites is 3. The molecular formula is C104H132N10O20. The molecule has 0 bridgehead atoms. The maximum Gasteiger partial charge on any atom is 0.419 e. The molecule has 3 heterocycles. The first-order valence-electron chi connectivity index (χ1n) is 44.9. The lowest BCUT2D eigenvalue weighted by Gasteiger charge is -2.30. The number of nitrogens with two attached hydrogens (primary N) is 5. The maximum absolute atomic E-state index is 14.1. The lowest BCUT2D eigenvalue weighted by atomic mass is 9.91. The zero-order valence-electron chi connectivity index (χ0n) is 80.6. The number of nitrogens with one attached hydrogen (secondary N) is 2. The van der Waals surface area contributed by atoms with E-state index in [0.717, 1.165) is 55.5 Å². The van der Waals surface area contributed by atoms with Crippen LogP contribution >= 0.6 is 0 Å². The van der Waals surface area contributed by atoms with E-state index in [1.54, 1.807) is 138 Å². The van der Waals surface area contributed by atoms with Gasteiger partial charge in [-0.05, 0) is 231 Å². The second-order valence-corrected chi connectivity index (χ2v) is 39.8. The van der Waals surface area contributed by atoms with Crippen molar-refractivity contribution in [2.45, 2.75) is 265 Å². The van der Waals surface area contributed by atoms with Gasteiger partial charge in [0.25, 0.3) is 0 Å². The third-order valence-corrected chi connectivity index (χ3v) is 22.0. The predicted octanol–water partition coefficient (Wildman–Crippen LogP) is 16.7. The fourth-order valence-electron chi connectivity index (χ4n) is 16.3. The van der Waals surface area contributed by atoms with E-state index in [9.17, 15) is 57.8 Å². The first-order chi connectivity index (χ1) is 62.5. The Kier molecular flexibility index (Phi) is 34.3. The number of carboxylic acids is 1. The molecule has 3 aromatic heterocycles. The van der Waals surface area contributed by atoms with Gasteiger partial charge in [-0.25, -0.2) is 28.8 Å². The molecular weight excluding hydrogens is 1710 g/mol. The van der Waals surface area contributed by atoms with E-state index >= 15 is 0 Å². The smallest absolute Gasteiger partial charge is 0.419 e. The molecule has 10 aromatic rings. The minimum Gasteiger partial charge on any atom is -0.480 e. The van der Waals surface area contributed by atoms with Crippen LogP contribution in [0, 0.1) is 11.8 Å². The van der Waals surface area contributed by atoms with E-state index in [1.807, 2.05) is 184 Å². The number of primary amides is 3. The van der Waals surface area contributed by atoms with Crippen LogP contribution in [-0.2, 0) is 85.9 Å². The quantitative estimate of drug-likeness (QED) is 0.0211. The second-order valence-electron chi connectivity index (χ2n) is 39.8. The van der Waals surface area contributed by atoms with Crippen LogP contribution in [0.5, 0.6) is 0 Å². The van der Waals surface area contributed by atoms with Crippen LogP contribution in [0.3, 0.4) is 0 Å². The first kappa shape index (κ1) is 105. The number of Topliss-reactive ketones (excluding diaryl/α,β-unsaturated/α-hetero) is 2. The molecule has 0 saturated carbocycles. The molecule has 0 saturated heterocycles. The number of alkyl carbamates (subject to hydrolysis) is 2. The molecule has 9 atom stereocenters. The summed E-state index contributed by atoms with van der Waals surface area (Å²) < 4.78 is 49.5. The summed E-state index contributed by atoms with van der Waals surface area (Å²) in [5, 5.41) is 17.4. The van der Waals surface area contributed by atoms with E-state index in [2.05, 4.69) is 22.8 Å². The molecule has 2 aliphatic rings. The summed E-state index contributed by atoms with van der Waals surface area (Å²) in [7, 11) is 0. The molecule has 30 heteroatoms. The Morgan fingerprint density at radius 2 is 0.634 bits per heavy atom. The minimum absolute atomic E-state index is 0.0132. The fourth-order valence-corrected chi connectivity index (χ4v) is 16.3. The monoisotopic (exact) mass is 1840 g/mol. The number of hydrogen-bond donors (Lipinski definition) is 8. The zero-order chi connectivity index (χ0) is 99.2. The van der Waals surface area contributed by atoms with Crippen LogP contribution in [0.15, 0.2) is 188 Å². The molecule has 30 nitrogen and oxygen atoms in total. The van der Waals surface area contributed by atoms with E-state index in [-0.39, 0.29) is 74.6 Å². The summed E-state index contributed by atoms with van der Waals surface area (Å²) in [5.74, 6) is -5.81. The highest BCUT2D eigenvalue weighted by molar-refractivity contribution is 5.98. The zero-order valence-corrected chi connectivity index (χ0v) is 80.6. The van der Waals surface area contributed by atoms with Crippen molar-refractivity contribution >= 4 is 98.4 Å². The standard InChI is InChI=1S/C40H47N3O7.C31H30N2O6.C25H37N3O5.C8H18N2O2/c1-24(49-39(2,3)4)31(36(41)45)21-35(44)33(20-25-22-43(38(47)50-40(5,6)7)34-19-13-12-14-26(25)34)42-37(46)48-23-32-29-17-10-8-15-27(29)28-16-9-11-18-30(28)32;1-31(2,3)39-30(37)33-17-19(20-10-8-9-15-27(20)33)16-26(28(34)35)32-29(36)38-18-25-23-13-6-4-11-21(23)22-12-5-7-14-24(22)25;1-15(32-24(2,3)4)18(22(27)30)13-21(29)19(26)12-16-14-28(23(31)33-25(5,6)7)20-11-9-8-10-17(16)20;1-5(6(9)7(10)11)12-8(2,3)4/h8-19,22,24,31-33H,20-21,23H2,1-7H3,(H2,41,45)(H,42,46);4-15,17,25-26H,16,18H2,1-3H3,(H,32,36)(H,34,35);8-11,14-15,18-19H,12-13,26H2,1-7H3,(H2,27,30);5-6H,9H2,1-4H3,(H2,10,11)/t24-,31-,33+;26-;15-,18-,19+;5-,6+/m1011/s1. The molecule has 0 radical (unpaired) electrons. The number of carbonyl (C=O) groups excluding carboxylic acids is 10. The maximum atomic E-state index is 14.1. The van der Waals surface area contributed by atoms with Gasteiger partial charge in [0.05, 0.1) is 75.6 Å². The molecule has 0 unspecified atom stereocenters. The summed E-state index contributed by atoms with van der Waals surface area (Å²) in [6.07, 6.45) is -0.172. The number of carbonyl (C=O) groups is 11. The van der Waals surface area contributed by atoms with Crippen LogP contribution in [0.1, 0.15) is 209 Å². The molecule has 0 fully saturated rings. The first-order valence-corrected chi connectivity index (χ1v) is 44.9. The van der Waals surface area contributed by atoms with Gasteiger partial charge >= 0.3 is 36.4 Å². The average molecular weight is 1840 g/mol. The number of ether oxygens (including phenoxy) is 8. The number of hydrogen-bond acceptors (Lipinski definition) is 21. The highest BCUT2D eigenvalue weighted by atomic mass is 16.6. The Morgan fingerprint density at radius 1 is 0.358 bits per heavy atom. The average Bonchev–Trinajstić information content (AvgIpc) is 1.62. The normalized spacial score (nSPS) is 14.6. The lowest BCUT2D eigenvalue weighted by Crippen LogP contribution is -2.47. The summed E-state index contributed by atoms with van der Waals surface area (Å²) >= 11 is 0. The Hall–Kier alpha value is -12.9. The number of benzene rings is 7. The van der Waals surface area contributed by atoms with Crippen LogP contribution in [0.4, 0.5) is 24.0 Å². The Balaban J connectivity index is 0.000000216. The van der Waals surface area contributed by atoms with Crippen molar-refractivity contribution in [2.75, 3.05) is 13.2 Å². The van der Waals surface area contributed by atoms with E-state index < -0.39 is 136 Å². The summed E-state index contributed by atoms with van der Waals surface area (Å²) in [6.45, 7) is 38.2. The number of aliphatic carboxylic acids is 1. The van der Waals surface area contributed by atoms with Crippen LogP contribution in [0.25, 0.3) is 55.0 Å². The molecule has 2 aliphatic carbocycles. The Morgan fingerprint density at radius 3 is 0.933 bits per heavy atom. The molecule has 13 N–H and O–H groups in total. The third kappa shape index (κ3) is 28.8. The molecule has 7 aromatic carbocycles. The SMILES string of the molecule is CC(C)(C)OC(=O)n1cc(C[C@H](NC(=O)OCC2c3ccccc3-c3ccccc32)C(=O)O)c2ccccc21.C[C@@H](OC(C)(C)C)[C@@H](CC(=O)[C@@H](N)Cc1cn(C(=O)OC(C)(C)C)c2ccccc12)C(N)=O.C[C@@H](OC(C)(C)C)[C@@H](CC(=O)[C@H](Cc1cn(C(=O)OC(C)(C)C)c2ccccc12)NC(=O)OCC1c2ccccc2-c2ccccc21)C(N)=O.C[C@@H](OC(C)(C)C)[C@H](N)C(N)=O. The number of nitrogens with zero attached hydrogens (tertiary/aromatic N) is 3. The number of ketones is 2. The van der Waals surface area contributed by atoms with Gasteiger partial charge in [0.1, 0.15) is 42.1 Å². The predicted molar refractivity (Wildman–Crippen MR) is 514 cm³/mol. The van der Waals surface area contributed by atoms with Gasteiger partial charge < -0.3 is 82.3 Å². The lowest BCUT2D eigenvalue weighted by molar-refractivity contribution is -0.139. The molecule has 134 heavy (non-hydrogen) atoms. The van der Waals surface area contributed by atoms with Crippen molar-refractivity contribution in [3.63, 3.8) is 0 Å². The Bertz CT molecular complexity index is 5810. The highest BCUT2D eigenvalue weighted by Gasteiger charge is 2.39. The fraction of sp³-hybridized carbons (Fsp3) is 0.433. The third-order valence-electron chi connectivity index (χ3n) is 22.0. The molecule has 0 spiro atoms. The largest absolute Gasteiger partial charge is 0.480 e. The van der Waals surface area contributed by atoms with Crippen LogP contribution in [-0.4, -0.2) is 174 Å². The molecule has 718 valence electrons. The van der Waals surface area contributed by atoms with Gasteiger partial charge in [-0.15, -0.1) is 0 Å². The number of aromatic nitrogens is 3. The van der Waals surface area contributed by atoms with Crippen LogP contribution in [0.2, 0.25) is 0 Å². The van der Waals surface area contributed by atoms with Crippen molar-refractivity contribution in [1.29, 1.82) is 0 Å². The Labute approximate surface area is 783 Å². The van der Waals surface area contributed by atoms with Crippen molar-refractivity contribution in [3.8, 4) is 22.3 Å². The topological polar surface area (TPSA) is 451 Å². The van der Waals surface area contributed by atoms with E-state index in [4.69, 9.17) is 66.6 Å². The number of amides is 5. The van der Waals surface area contributed by atoms with E-state index in [0.29, 0.717) is 38.4 Å². The van der Waals surface area contributed by atoms with Gasteiger partial charge in [-0.1, -0.05) is 152 Å². The van der Waals surface area contributed by atoms with Crippen molar-refractivity contribution < 1.29 is 95.7 Å². The van der Waals surface area contributed by atoms with Crippen LogP contribution < -0.4 is 39.3 Å². The number of rotatable bonds is 28. The molecule has 12 rings (SSSR count). The van der Waals surface area contributed by atoms with Crippen molar-refractivity contribution in [1.82, 2.24) is 24.3 Å². The second kappa shape index (κ2) is 43.9. The summed E-state index contributed by atoms with van der Waals surface area (Å²) in [5.41, 5.74) is 37.0. The number of fused-ring (bicyclic) bond motifs is 9. The van der Waals surface area contributed by atoms with Gasteiger partial charge in [0.15, 0.2) is 11.6 Å². The van der Waals surface area contributed by atoms with E-state index in [1.165, 1.54) is 13.7 Å². The van der Waals surface area contributed by atoms with Gasteiger partial charge in [0, 0.05) is 72.3 Å². The molecule has 0 aliphatic heterocycles. The van der Waals surface area contributed by atoms with Crippen molar-refractivity contribution in [3.05, 3.63) is 227 Å². The van der Waals surface area contributed by atoms with Gasteiger partial charge in [-0.2, -0.15) is 0 Å². The van der Waals surface area contributed by atoms with Crippen molar-refractivity contribution in [2.24, 2.45) is 40.5 Å². The summed E-state index contributed by atoms with van der Waals surface area (Å²) in [4.78, 5) is 139. The number of carboxylic acid groups (broad SMARTS) is 1. The highest BCUT2D eigenvalue weighted by Crippen LogP contribution is 2.46. The summed E-state index contributed by atoms with van der Waals surface area (Å²) in [6, 6.07) is 49.8. The minimum atomic E-state index is -1.27. The molecule has 5 amide bonds. The van der Waals surface area contributed by atoms with Gasteiger partial charge in [0.2, 0.25) is 17.7 Å². The van der Waals surface area contributed by atoms with Gasteiger partial charge in [-0.3, -0.25) is 37.7 Å².